The normalized spacial score (nSPS) is 16.8. The number of carbonyl (C=O) groups is 1. The summed E-state index contributed by atoms with van der Waals surface area (Å²) in [5.41, 5.74) is 2.66. The number of hydrogen-bond donors (Lipinski definition) is 1. The van der Waals surface area contributed by atoms with Gasteiger partial charge in [0, 0.05) is 45.2 Å². The fourth-order valence-electron chi connectivity index (χ4n) is 3.67. The molecule has 0 saturated carbocycles. The molecule has 1 fully saturated rings. The first kappa shape index (κ1) is 19.6. The van der Waals surface area contributed by atoms with Crippen molar-refractivity contribution in [3.63, 3.8) is 0 Å². The van der Waals surface area contributed by atoms with E-state index < -0.39 is 0 Å². The fourth-order valence-corrected chi connectivity index (χ4v) is 3.67. The number of hydrogen-bond acceptors (Lipinski definition) is 3. The number of nitrogens with zero attached hydrogens (tertiary/aromatic N) is 2. The fraction of sp³-hybridized carbons (Fsp3) is 0.435. The number of rotatable bonds is 8. The highest BCUT2D eigenvalue weighted by Crippen LogP contribution is 2.17. The van der Waals surface area contributed by atoms with Crippen LogP contribution in [0.1, 0.15) is 30.4 Å². The first-order valence-electron chi connectivity index (χ1n) is 10.0. The summed E-state index contributed by atoms with van der Waals surface area (Å²) in [5.74, 6) is 0.527. The van der Waals surface area contributed by atoms with Crippen molar-refractivity contribution in [3.05, 3.63) is 71.8 Å². The van der Waals surface area contributed by atoms with Crippen molar-refractivity contribution in [3.8, 4) is 0 Å². The van der Waals surface area contributed by atoms with Crippen molar-refractivity contribution in [1.29, 1.82) is 0 Å². The second kappa shape index (κ2) is 10.2. The summed E-state index contributed by atoms with van der Waals surface area (Å²) in [6.45, 7) is 8.34. The molecule has 1 saturated heterocycles. The van der Waals surface area contributed by atoms with Crippen molar-refractivity contribution in [2.45, 2.75) is 25.8 Å². The number of piperazine rings is 1. The van der Waals surface area contributed by atoms with Gasteiger partial charge in [-0.25, -0.2) is 0 Å². The van der Waals surface area contributed by atoms with Crippen molar-refractivity contribution in [1.82, 2.24) is 15.1 Å². The molecule has 2 aromatic carbocycles. The highest BCUT2D eigenvalue weighted by Gasteiger charge is 2.19. The molecule has 0 radical (unpaired) electrons. The molecule has 4 heteroatoms. The van der Waals surface area contributed by atoms with E-state index in [1.807, 2.05) is 6.07 Å². The van der Waals surface area contributed by atoms with E-state index in [4.69, 9.17) is 0 Å². The third kappa shape index (κ3) is 6.19. The van der Waals surface area contributed by atoms with Crippen LogP contribution in [0, 0.1) is 0 Å². The smallest absolute Gasteiger partial charge is 0.234 e. The molecule has 3 rings (SSSR count). The first-order chi connectivity index (χ1) is 13.2. The monoisotopic (exact) mass is 365 g/mol. The molecule has 4 nitrogen and oxygen atoms in total. The zero-order chi connectivity index (χ0) is 18.9. The van der Waals surface area contributed by atoms with E-state index >= 15 is 0 Å². The first-order valence-corrected chi connectivity index (χ1v) is 10.0. The zero-order valence-corrected chi connectivity index (χ0v) is 16.3. The summed E-state index contributed by atoms with van der Waals surface area (Å²) < 4.78 is 0. The molecule has 0 spiro atoms. The maximum Gasteiger partial charge on any atom is 0.234 e. The minimum atomic E-state index is 0.140. The molecule has 0 aromatic heterocycles. The Labute approximate surface area is 163 Å². The summed E-state index contributed by atoms with van der Waals surface area (Å²) in [6.07, 6.45) is 1.03. The minimum Gasteiger partial charge on any atom is -0.354 e. The largest absolute Gasteiger partial charge is 0.354 e. The molecule has 1 aliphatic rings. The summed E-state index contributed by atoms with van der Waals surface area (Å²) in [7, 11) is 0. The molecule has 0 aliphatic carbocycles. The molecule has 1 amide bonds. The van der Waals surface area contributed by atoms with Crippen LogP contribution in [0.3, 0.4) is 0 Å². The van der Waals surface area contributed by atoms with Gasteiger partial charge in [-0.05, 0) is 17.5 Å². The lowest BCUT2D eigenvalue weighted by molar-refractivity contribution is -0.122. The Hall–Kier alpha value is -2.17. The van der Waals surface area contributed by atoms with Crippen LogP contribution < -0.4 is 5.32 Å². The van der Waals surface area contributed by atoms with Crippen LogP contribution in [0.25, 0.3) is 0 Å². The van der Waals surface area contributed by atoms with E-state index in [2.05, 4.69) is 76.6 Å². The van der Waals surface area contributed by atoms with Crippen LogP contribution in [0.4, 0.5) is 0 Å². The predicted octanol–water partition coefficient (Wildman–Crippen LogP) is 3.11. The van der Waals surface area contributed by atoms with Gasteiger partial charge in [-0.3, -0.25) is 14.6 Å². The van der Waals surface area contributed by atoms with Gasteiger partial charge in [0.05, 0.1) is 6.54 Å². The van der Waals surface area contributed by atoms with Gasteiger partial charge in [0.2, 0.25) is 5.91 Å². The van der Waals surface area contributed by atoms with E-state index in [-0.39, 0.29) is 5.91 Å². The SMILES string of the molecule is CC[C@@H](CNC(=O)CN1CCN(Cc2ccccc2)CC1)c1ccccc1. The Balaban J connectivity index is 1.38. The molecule has 0 bridgehead atoms. The van der Waals surface area contributed by atoms with Crippen molar-refractivity contribution < 1.29 is 4.79 Å². The Bertz CT molecular complexity index is 681. The maximum absolute atomic E-state index is 12.4. The van der Waals surface area contributed by atoms with Crippen LogP contribution in [0.5, 0.6) is 0 Å². The van der Waals surface area contributed by atoms with Crippen molar-refractivity contribution >= 4 is 5.91 Å². The molecular weight excluding hydrogens is 334 g/mol. The number of nitrogens with one attached hydrogen (secondary N) is 1. The highest BCUT2D eigenvalue weighted by molar-refractivity contribution is 5.78. The van der Waals surface area contributed by atoms with Gasteiger partial charge in [0.25, 0.3) is 0 Å². The standard InChI is InChI=1S/C23H31N3O/c1-2-21(22-11-7-4-8-12-22)17-24-23(27)19-26-15-13-25(14-16-26)18-20-9-5-3-6-10-20/h3-12,21H,2,13-19H2,1H3,(H,24,27)/t21-/m0/s1. The lowest BCUT2D eigenvalue weighted by Gasteiger charge is -2.34. The average Bonchev–Trinajstić information content (AvgIpc) is 2.71. The van der Waals surface area contributed by atoms with Gasteiger partial charge in [0.1, 0.15) is 0 Å². The van der Waals surface area contributed by atoms with Gasteiger partial charge in [-0.15, -0.1) is 0 Å². The van der Waals surface area contributed by atoms with Gasteiger partial charge in [0.15, 0.2) is 0 Å². The second-order valence-corrected chi connectivity index (χ2v) is 7.36. The van der Waals surface area contributed by atoms with E-state index in [1.54, 1.807) is 0 Å². The summed E-state index contributed by atoms with van der Waals surface area (Å²) in [5, 5.41) is 3.14. The number of carbonyl (C=O) groups excluding carboxylic acids is 1. The molecule has 1 heterocycles. The van der Waals surface area contributed by atoms with Crippen molar-refractivity contribution in [2.75, 3.05) is 39.3 Å². The molecule has 27 heavy (non-hydrogen) atoms. The number of benzene rings is 2. The van der Waals surface area contributed by atoms with Gasteiger partial charge in [-0.2, -0.15) is 0 Å². The van der Waals surface area contributed by atoms with Gasteiger partial charge in [-0.1, -0.05) is 67.6 Å². The second-order valence-electron chi connectivity index (χ2n) is 7.36. The van der Waals surface area contributed by atoms with E-state index in [9.17, 15) is 4.79 Å². The topological polar surface area (TPSA) is 35.6 Å². The van der Waals surface area contributed by atoms with Crippen LogP contribution in [-0.4, -0.2) is 55.0 Å². The lowest BCUT2D eigenvalue weighted by atomic mass is 9.96. The minimum absolute atomic E-state index is 0.140. The Morgan fingerprint density at radius 2 is 1.52 bits per heavy atom. The summed E-state index contributed by atoms with van der Waals surface area (Å²) >= 11 is 0. The maximum atomic E-state index is 12.4. The highest BCUT2D eigenvalue weighted by atomic mass is 16.2. The van der Waals surface area contributed by atoms with E-state index in [0.29, 0.717) is 19.0 Å². The zero-order valence-electron chi connectivity index (χ0n) is 16.3. The van der Waals surface area contributed by atoms with E-state index in [0.717, 1.165) is 39.1 Å². The molecule has 0 unspecified atom stereocenters. The Kier molecular flexibility index (Phi) is 7.43. The predicted molar refractivity (Wildman–Crippen MR) is 111 cm³/mol. The molecule has 1 N–H and O–H groups in total. The summed E-state index contributed by atoms with van der Waals surface area (Å²) in [4.78, 5) is 17.1. The van der Waals surface area contributed by atoms with Crippen LogP contribution >= 0.6 is 0 Å². The Morgan fingerprint density at radius 1 is 0.926 bits per heavy atom. The number of amides is 1. The summed E-state index contributed by atoms with van der Waals surface area (Å²) in [6, 6.07) is 21.0. The van der Waals surface area contributed by atoms with Crippen molar-refractivity contribution in [2.24, 2.45) is 0 Å². The molecular formula is C23H31N3O. The Morgan fingerprint density at radius 3 is 2.15 bits per heavy atom. The lowest BCUT2D eigenvalue weighted by Crippen LogP contribution is -2.49. The molecule has 1 atom stereocenters. The molecule has 1 aliphatic heterocycles. The quantitative estimate of drug-likeness (QED) is 0.781. The van der Waals surface area contributed by atoms with Crippen LogP contribution in [0.15, 0.2) is 60.7 Å². The van der Waals surface area contributed by atoms with Crippen LogP contribution in [-0.2, 0) is 11.3 Å². The molecule has 144 valence electrons. The molecule has 2 aromatic rings. The van der Waals surface area contributed by atoms with Gasteiger partial charge >= 0.3 is 0 Å². The van der Waals surface area contributed by atoms with E-state index in [1.165, 1.54) is 11.1 Å². The van der Waals surface area contributed by atoms with Gasteiger partial charge < -0.3 is 5.32 Å². The van der Waals surface area contributed by atoms with Crippen LogP contribution in [0.2, 0.25) is 0 Å². The third-order valence-electron chi connectivity index (χ3n) is 5.39. The third-order valence-corrected chi connectivity index (χ3v) is 5.39. The average molecular weight is 366 g/mol.